The Morgan fingerprint density at radius 3 is 2.38 bits per heavy atom. The molecule has 0 aliphatic rings. The Hall–Kier alpha value is -4.04. The molecule has 0 spiro atoms. The molecule has 8 heteroatoms. The lowest BCUT2D eigenvalue weighted by molar-refractivity contribution is 0.0514. The van der Waals surface area contributed by atoms with E-state index in [0.717, 1.165) is 28.2 Å². The van der Waals surface area contributed by atoms with Gasteiger partial charge in [0.1, 0.15) is 11.4 Å². The van der Waals surface area contributed by atoms with Gasteiger partial charge in [-0.25, -0.2) is 4.79 Å². The topological polar surface area (TPSA) is 86.5 Å². The summed E-state index contributed by atoms with van der Waals surface area (Å²) >= 11 is 1.68. The van der Waals surface area contributed by atoms with E-state index in [2.05, 4.69) is 15.5 Å². The molecule has 1 N–H and O–H groups in total. The first kappa shape index (κ1) is 29.0. The Balaban J connectivity index is 1.30. The summed E-state index contributed by atoms with van der Waals surface area (Å²) in [5, 5.41) is 11.4. The predicted octanol–water partition coefficient (Wildman–Crippen LogP) is 7.20. The molecular formula is C32H35N3O4S. The Kier molecular flexibility index (Phi) is 10.4. The summed E-state index contributed by atoms with van der Waals surface area (Å²) < 4.78 is 17.0. The van der Waals surface area contributed by atoms with Crippen LogP contribution in [0.15, 0.2) is 95.4 Å². The number of amides is 1. The van der Waals surface area contributed by atoms with Crippen LogP contribution in [-0.4, -0.2) is 40.3 Å². The maximum Gasteiger partial charge on any atom is 0.408 e. The number of ether oxygens (including phenoxy) is 2. The minimum Gasteiger partial charge on any atom is -0.493 e. The Bertz CT molecular complexity index is 1350. The lowest BCUT2D eigenvalue weighted by atomic mass is 10.0. The average Bonchev–Trinajstić information content (AvgIpc) is 3.41. The van der Waals surface area contributed by atoms with Crippen molar-refractivity contribution < 1.29 is 18.7 Å². The molecule has 1 atom stereocenters. The van der Waals surface area contributed by atoms with Crippen LogP contribution in [0, 0.1) is 0 Å². The van der Waals surface area contributed by atoms with Gasteiger partial charge in [0.05, 0.1) is 18.4 Å². The second kappa shape index (κ2) is 14.4. The van der Waals surface area contributed by atoms with E-state index in [0.29, 0.717) is 30.6 Å². The number of benzene rings is 3. The van der Waals surface area contributed by atoms with Crippen molar-refractivity contribution in [1.82, 2.24) is 15.5 Å². The van der Waals surface area contributed by atoms with E-state index in [-0.39, 0.29) is 6.04 Å². The fourth-order valence-electron chi connectivity index (χ4n) is 3.78. The third-order valence-electron chi connectivity index (χ3n) is 5.61. The summed E-state index contributed by atoms with van der Waals surface area (Å²) in [6.45, 7) is 6.17. The molecule has 7 nitrogen and oxygen atoms in total. The minimum absolute atomic E-state index is 0.231. The highest BCUT2D eigenvalue weighted by atomic mass is 32.2. The number of alkyl carbamates (subject to hydrolysis) is 1. The lowest BCUT2D eigenvalue weighted by Gasteiger charge is -2.22. The largest absolute Gasteiger partial charge is 0.493 e. The molecule has 0 radical (unpaired) electrons. The van der Waals surface area contributed by atoms with Crippen LogP contribution < -0.4 is 10.1 Å². The first-order valence-electron chi connectivity index (χ1n) is 13.2. The van der Waals surface area contributed by atoms with Crippen molar-refractivity contribution in [1.29, 1.82) is 0 Å². The van der Waals surface area contributed by atoms with Crippen LogP contribution in [-0.2, 0) is 16.9 Å². The van der Waals surface area contributed by atoms with Gasteiger partial charge in [0.15, 0.2) is 0 Å². The first-order valence-corrected chi connectivity index (χ1v) is 14.4. The SMILES string of the molecule is CC(C)(C)OC(=O)NC(C=Cc1ccc(-c2nnc(CSCCOc3ccccc3)o2)cc1)Cc1ccccc1. The summed E-state index contributed by atoms with van der Waals surface area (Å²) in [7, 11) is 0. The highest BCUT2D eigenvalue weighted by Crippen LogP contribution is 2.21. The van der Waals surface area contributed by atoms with Gasteiger partial charge < -0.3 is 19.2 Å². The van der Waals surface area contributed by atoms with E-state index in [4.69, 9.17) is 13.9 Å². The molecule has 0 fully saturated rings. The molecule has 0 saturated carbocycles. The third kappa shape index (κ3) is 9.93. The van der Waals surface area contributed by atoms with Crippen LogP contribution in [0.25, 0.3) is 17.5 Å². The van der Waals surface area contributed by atoms with E-state index in [1.165, 1.54) is 0 Å². The van der Waals surface area contributed by atoms with Crippen LogP contribution >= 0.6 is 11.8 Å². The molecule has 208 valence electrons. The summed E-state index contributed by atoms with van der Waals surface area (Å²) in [6, 6.07) is 27.5. The number of aromatic nitrogens is 2. The molecule has 1 amide bonds. The normalized spacial score (nSPS) is 12.3. The molecule has 1 heterocycles. The number of carbonyl (C=O) groups is 1. The van der Waals surface area contributed by atoms with E-state index < -0.39 is 11.7 Å². The number of carbonyl (C=O) groups excluding carboxylic acids is 1. The van der Waals surface area contributed by atoms with Gasteiger partial charge >= 0.3 is 6.09 Å². The van der Waals surface area contributed by atoms with Gasteiger partial charge in [-0.1, -0.05) is 72.8 Å². The van der Waals surface area contributed by atoms with Crippen molar-refractivity contribution in [3.63, 3.8) is 0 Å². The molecule has 4 aromatic rings. The van der Waals surface area contributed by atoms with Crippen LogP contribution in [0.2, 0.25) is 0 Å². The summed E-state index contributed by atoms with van der Waals surface area (Å²) in [5.74, 6) is 3.38. The van der Waals surface area contributed by atoms with Crippen molar-refractivity contribution in [2.75, 3.05) is 12.4 Å². The van der Waals surface area contributed by atoms with Crippen LogP contribution in [0.4, 0.5) is 4.79 Å². The number of thioether (sulfide) groups is 1. The Morgan fingerprint density at radius 2 is 1.68 bits per heavy atom. The summed E-state index contributed by atoms with van der Waals surface area (Å²) in [5.41, 5.74) is 2.39. The highest BCUT2D eigenvalue weighted by Gasteiger charge is 2.18. The molecule has 0 aliphatic heterocycles. The fourth-order valence-corrected chi connectivity index (χ4v) is 4.42. The Morgan fingerprint density at radius 1 is 0.975 bits per heavy atom. The minimum atomic E-state index is -0.564. The zero-order chi connectivity index (χ0) is 28.2. The number of para-hydroxylation sites is 1. The van der Waals surface area contributed by atoms with Gasteiger partial charge in [-0.15, -0.1) is 22.0 Å². The number of hydrogen-bond donors (Lipinski definition) is 1. The van der Waals surface area contributed by atoms with E-state index >= 15 is 0 Å². The van der Waals surface area contributed by atoms with E-state index in [9.17, 15) is 4.79 Å². The van der Waals surface area contributed by atoms with Gasteiger partial charge in [0.2, 0.25) is 11.8 Å². The molecule has 0 saturated heterocycles. The van der Waals surface area contributed by atoms with Gasteiger partial charge in [0.25, 0.3) is 0 Å². The highest BCUT2D eigenvalue weighted by molar-refractivity contribution is 7.98. The van der Waals surface area contributed by atoms with Crippen molar-refractivity contribution >= 4 is 23.9 Å². The lowest BCUT2D eigenvalue weighted by Crippen LogP contribution is -2.39. The van der Waals surface area contributed by atoms with E-state index in [1.807, 2.05) is 118 Å². The van der Waals surface area contributed by atoms with Crippen molar-refractivity contribution in [3.8, 4) is 17.2 Å². The van der Waals surface area contributed by atoms with Gasteiger partial charge in [-0.2, -0.15) is 0 Å². The molecular weight excluding hydrogens is 522 g/mol. The summed E-state index contributed by atoms with van der Waals surface area (Å²) in [4.78, 5) is 12.4. The molecule has 3 aromatic carbocycles. The molecule has 4 rings (SSSR count). The zero-order valence-corrected chi connectivity index (χ0v) is 23.9. The standard InChI is InChI=1S/C32H35N3O4S/c1-32(2,3)39-31(36)33-27(22-25-10-6-4-7-11-25)19-16-24-14-17-26(18-15-24)30-35-34-29(38-30)23-40-21-20-37-28-12-8-5-9-13-28/h4-19,27H,20-23H2,1-3H3,(H,33,36). The van der Waals surface area contributed by atoms with Gasteiger partial charge in [0, 0.05) is 11.3 Å². The van der Waals surface area contributed by atoms with Crippen LogP contribution in [0.5, 0.6) is 5.75 Å². The molecule has 0 aliphatic carbocycles. The molecule has 1 aromatic heterocycles. The predicted molar refractivity (Wildman–Crippen MR) is 160 cm³/mol. The average molecular weight is 558 g/mol. The van der Waals surface area contributed by atoms with Gasteiger partial charge in [-0.3, -0.25) is 0 Å². The van der Waals surface area contributed by atoms with Gasteiger partial charge in [-0.05, 0) is 62.6 Å². The molecule has 1 unspecified atom stereocenters. The second-order valence-electron chi connectivity index (χ2n) is 10.1. The maximum atomic E-state index is 12.4. The smallest absolute Gasteiger partial charge is 0.408 e. The van der Waals surface area contributed by atoms with Crippen molar-refractivity contribution in [2.45, 2.75) is 44.6 Å². The Labute approximate surface area is 240 Å². The van der Waals surface area contributed by atoms with Crippen LogP contribution in [0.3, 0.4) is 0 Å². The first-order chi connectivity index (χ1) is 19.3. The number of hydrogen-bond acceptors (Lipinski definition) is 7. The second-order valence-corrected chi connectivity index (χ2v) is 11.2. The summed E-state index contributed by atoms with van der Waals surface area (Å²) in [6.07, 6.45) is 4.18. The maximum absolute atomic E-state index is 12.4. The van der Waals surface area contributed by atoms with Crippen LogP contribution in [0.1, 0.15) is 37.8 Å². The monoisotopic (exact) mass is 557 g/mol. The quantitative estimate of drug-likeness (QED) is 0.184. The number of nitrogens with one attached hydrogen (secondary N) is 1. The van der Waals surface area contributed by atoms with Crippen molar-refractivity contribution in [2.24, 2.45) is 0 Å². The number of rotatable bonds is 12. The third-order valence-corrected chi connectivity index (χ3v) is 6.52. The van der Waals surface area contributed by atoms with Crippen molar-refractivity contribution in [3.05, 3.63) is 108 Å². The molecule has 40 heavy (non-hydrogen) atoms. The zero-order valence-electron chi connectivity index (χ0n) is 23.1. The molecule has 0 bridgehead atoms. The number of nitrogens with zero attached hydrogens (tertiary/aromatic N) is 2. The fraction of sp³-hybridized carbons (Fsp3) is 0.281. The van der Waals surface area contributed by atoms with E-state index in [1.54, 1.807) is 11.8 Å².